The maximum Gasteiger partial charge on any atom is 0.323 e. The molecule has 1 N–H and O–H groups in total. The Hall–Kier alpha value is -1.36. The molecule has 0 radical (unpaired) electrons. The topological polar surface area (TPSA) is 58.4 Å². The molecule has 1 aromatic heterocycles. The fourth-order valence-corrected chi connectivity index (χ4v) is 2.65. The van der Waals surface area contributed by atoms with E-state index >= 15 is 0 Å². The number of carboxylic acid groups (broad SMARTS) is 1. The van der Waals surface area contributed by atoms with Gasteiger partial charge in [-0.3, -0.25) is 9.69 Å². The van der Waals surface area contributed by atoms with E-state index in [1.165, 1.54) is 0 Å². The molecule has 1 fully saturated rings. The van der Waals surface area contributed by atoms with Crippen LogP contribution in [0.5, 0.6) is 0 Å². The smallest absolute Gasteiger partial charge is 0.323 e. The number of likely N-dealkylation sites (tertiary alicyclic amines) is 1. The van der Waals surface area contributed by atoms with Crippen molar-refractivity contribution in [1.82, 2.24) is 14.5 Å². The Labute approximate surface area is 107 Å². The van der Waals surface area contributed by atoms with Crippen LogP contribution in [0, 0.1) is 0 Å². The number of aromatic nitrogens is 2. The number of aryl methyl sites for hydroxylation is 1. The molecular weight excluding hydrogens is 230 g/mol. The van der Waals surface area contributed by atoms with E-state index in [2.05, 4.69) is 9.88 Å². The number of imidazole rings is 1. The van der Waals surface area contributed by atoms with Crippen LogP contribution < -0.4 is 0 Å². The van der Waals surface area contributed by atoms with Gasteiger partial charge in [0.25, 0.3) is 0 Å². The van der Waals surface area contributed by atoms with Crippen LogP contribution in [-0.4, -0.2) is 44.2 Å². The van der Waals surface area contributed by atoms with Gasteiger partial charge in [-0.15, -0.1) is 0 Å². The summed E-state index contributed by atoms with van der Waals surface area (Å²) in [6.45, 7) is 3.47. The van der Waals surface area contributed by atoms with Crippen molar-refractivity contribution in [2.75, 3.05) is 13.1 Å². The van der Waals surface area contributed by atoms with E-state index in [1.807, 2.05) is 24.7 Å². The van der Waals surface area contributed by atoms with Crippen LogP contribution in [0.25, 0.3) is 0 Å². The molecule has 0 saturated carbocycles. The highest BCUT2D eigenvalue weighted by Gasteiger charge is 2.40. The maximum atomic E-state index is 11.5. The molecule has 5 nitrogen and oxygen atoms in total. The Morgan fingerprint density at radius 1 is 1.56 bits per heavy atom. The minimum Gasteiger partial charge on any atom is -0.480 e. The Balaban J connectivity index is 2.02. The Bertz CT molecular complexity index is 430. The molecule has 0 amide bonds. The van der Waals surface area contributed by atoms with E-state index in [9.17, 15) is 9.90 Å². The van der Waals surface area contributed by atoms with Gasteiger partial charge in [0.1, 0.15) is 11.4 Å². The summed E-state index contributed by atoms with van der Waals surface area (Å²) in [5.74, 6) is 0.301. The molecule has 1 aliphatic rings. The molecule has 1 aliphatic heterocycles. The average Bonchev–Trinajstić information content (AvgIpc) is 2.74. The Kier molecular flexibility index (Phi) is 3.71. The third-order valence-corrected chi connectivity index (χ3v) is 4.03. The highest BCUT2D eigenvalue weighted by molar-refractivity contribution is 5.78. The lowest BCUT2D eigenvalue weighted by Crippen LogP contribution is -2.55. The van der Waals surface area contributed by atoms with Crippen molar-refractivity contribution < 1.29 is 9.90 Å². The second kappa shape index (κ2) is 5.10. The molecule has 0 aromatic carbocycles. The van der Waals surface area contributed by atoms with E-state index in [1.54, 1.807) is 6.20 Å². The molecule has 0 spiro atoms. The SMILES string of the molecule is Cn1ccnc1CCN1CCCCC1(C)C(=O)O. The summed E-state index contributed by atoms with van der Waals surface area (Å²) in [6.07, 6.45) is 7.32. The minimum atomic E-state index is -0.706. The van der Waals surface area contributed by atoms with Crippen LogP contribution in [0.3, 0.4) is 0 Å². The van der Waals surface area contributed by atoms with E-state index in [0.717, 1.165) is 44.6 Å². The first kappa shape index (κ1) is 13.1. The molecule has 5 heteroatoms. The summed E-state index contributed by atoms with van der Waals surface area (Å²) in [4.78, 5) is 17.8. The van der Waals surface area contributed by atoms with Gasteiger partial charge >= 0.3 is 5.97 Å². The number of rotatable bonds is 4. The number of hydrogen-bond acceptors (Lipinski definition) is 3. The third kappa shape index (κ3) is 2.41. The first-order chi connectivity index (χ1) is 8.54. The van der Waals surface area contributed by atoms with Gasteiger partial charge in [-0.1, -0.05) is 0 Å². The number of aliphatic carboxylic acids is 1. The highest BCUT2D eigenvalue weighted by atomic mass is 16.4. The van der Waals surface area contributed by atoms with Crippen LogP contribution in [-0.2, 0) is 18.3 Å². The molecule has 2 rings (SSSR count). The quantitative estimate of drug-likeness (QED) is 0.876. The lowest BCUT2D eigenvalue weighted by atomic mass is 9.88. The maximum absolute atomic E-state index is 11.5. The van der Waals surface area contributed by atoms with Gasteiger partial charge in [0.05, 0.1) is 0 Å². The van der Waals surface area contributed by atoms with Crippen molar-refractivity contribution in [2.45, 2.75) is 38.1 Å². The fraction of sp³-hybridized carbons (Fsp3) is 0.692. The van der Waals surface area contributed by atoms with Crippen LogP contribution in [0.1, 0.15) is 32.0 Å². The zero-order chi connectivity index (χ0) is 13.2. The second-order valence-corrected chi connectivity index (χ2v) is 5.23. The van der Waals surface area contributed by atoms with Gasteiger partial charge in [-0.25, -0.2) is 4.98 Å². The van der Waals surface area contributed by atoms with E-state index in [4.69, 9.17) is 0 Å². The average molecular weight is 251 g/mol. The highest BCUT2D eigenvalue weighted by Crippen LogP contribution is 2.28. The van der Waals surface area contributed by atoms with Crippen molar-refractivity contribution in [3.05, 3.63) is 18.2 Å². The van der Waals surface area contributed by atoms with E-state index in [-0.39, 0.29) is 0 Å². The molecule has 0 bridgehead atoms. The monoisotopic (exact) mass is 251 g/mol. The first-order valence-electron chi connectivity index (χ1n) is 6.49. The lowest BCUT2D eigenvalue weighted by Gasteiger charge is -2.41. The van der Waals surface area contributed by atoms with Crippen molar-refractivity contribution in [3.63, 3.8) is 0 Å². The normalized spacial score (nSPS) is 25.2. The van der Waals surface area contributed by atoms with E-state index < -0.39 is 11.5 Å². The van der Waals surface area contributed by atoms with E-state index in [0.29, 0.717) is 0 Å². The summed E-state index contributed by atoms with van der Waals surface area (Å²) in [5, 5.41) is 9.42. The van der Waals surface area contributed by atoms with Crippen LogP contribution in [0.15, 0.2) is 12.4 Å². The number of hydrogen-bond donors (Lipinski definition) is 1. The Morgan fingerprint density at radius 3 is 2.94 bits per heavy atom. The van der Waals surface area contributed by atoms with Crippen LogP contribution in [0.4, 0.5) is 0 Å². The number of piperidine rings is 1. The van der Waals surface area contributed by atoms with Crippen molar-refractivity contribution >= 4 is 5.97 Å². The second-order valence-electron chi connectivity index (χ2n) is 5.23. The molecular formula is C13H21N3O2. The fourth-order valence-electron chi connectivity index (χ4n) is 2.65. The zero-order valence-corrected chi connectivity index (χ0v) is 11.1. The lowest BCUT2D eigenvalue weighted by molar-refractivity contribution is -0.152. The number of carboxylic acids is 1. The summed E-state index contributed by atoms with van der Waals surface area (Å²) < 4.78 is 1.99. The van der Waals surface area contributed by atoms with Crippen molar-refractivity contribution in [2.24, 2.45) is 7.05 Å². The van der Waals surface area contributed by atoms with Gasteiger partial charge in [0.15, 0.2) is 0 Å². The molecule has 1 unspecified atom stereocenters. The largest absolute Gasteiger partial charge is 0.480 e. The van der Waals surface area contributed by atoms with Gasteiger partial charge in [0.2, 0.25) is 0 Å². The third-order valence-electron chi connectivity index (χ3n) is 4.03. The molecule has 2 heterocycles. The summed E-state index contributed by atoms with van der Waals surface area (Å²) in [6, 6.07) is 0. The number of carbonyl (C=O) groups is 1. The number of nitrogens with zero attached hydrogens (tertiary/aromatic N) is 3. The van der Waals surface area contributed by atoms with Gasteiger partial charge in [0, 0.05) is 32.4 Å². The van der Waals surface area contributed by atoms with Crippen molar-refractivity contribution in [1.29, 1.82) is 0 Å². The first-order valence-corrected chi connectivity index (χ1v) is 6.49. The molecule has 18 heavy (non-hydrogen) atoms. The molecule has 100 valence electrons. The van der Waals surface area contributed by atoms with Gasteiger partial charge in [-0.05, 0) is 32.7 Å². The van der Waals surface area contributed by atoms with Crippen molar-refractivity contribution in [3.8, 4) is 0 Å². The predicted octanol–water partition coefficient (Wildman–Crippen LogP) is 1.29. The summed E-state index contributed by atoms with van der Waals surface area (Å²) >= 11 is 0. The van der Waals surface area contributed by atoms with Gasteiger partial charge in [-0.2, -0.15) is 0 Å². The molecule has 1 atom stereocenters. The van der Waals surface area contributed by atoms with Crippen LogP contribution in [0.2, 0.25) is 0 Å². The molecule has 0 aliphatic carbocycles. The summed E-state index contributed by atoms with van der Waals surface area (Å²) in [7, 11) is 1.97. The Morgan fingerprint density at radius 2 is 2.33 bits per heavy atom. The minimum absolute atomic E-state index is 0.705. The van der Waals surface area contributed by atoms with Gasteiger partial charge < -0.3 is 9.67 Å². The van der Waals surface area contributed by atoms with Crippen LogP contribution >= 0.6 is 0 Å². The predicted molar refractivity (Wildman–Crippen MR) is 68.4 cm³/mol. The zero-order valence-electron chi connectivity index (χ0n) is 11.1. The standard InChI is InChI=1S/C13H21N3O2/c1-13(12(17)18)6-3-4-8-16(13)9-5-11-14-7-10-15(11)2/h7,10H,3-6,8-9H2,1-2H3,(H,17,18). The summed E-state index contributed by atoms with van der Waals surface area (Å²) in [5.41, 5.74) is -0.705. The molecule has 1 aromatic rings. The molecule has 1 saturated heterocycles.